The van der Waals surface area contributed by atoms with E-state index in [1.165, 1.54) is 17.5 Å². The zero-order valence-corrected chi connectivity index (χ0v) is 12.0. The molecule has 0 aliphatic rings. The lowest BCUT2D eigenvalue weighted by atomic mass is 10.0. The van der Waals surface area contributed by atoms with E-state index in [0.29, 0.717) is 6.04 Å². The van der Waals surface area contributed by atoms with E-state index in [4.69, 9.17) is 0 Å². The van der Waals surface area contributed by atoms with Gasteiger partial charge >= 0.3 is 0 Å². The third kappa shape index (κ3) is 3.44. The van der Waals surface area contributed by atoms with Gasteiger partial charge in [0.05, 0.1) is 5.69 Å². The normalized spacial score (nSPS) is 12.6. The minimum Gasteiger partial charge on any atom is -0.306 e. The number of aryl methyl sites for hydroxylation is 2. The average molecular weight is 257 g/mol. The number of nitrogens with one attached hydrogen (secondary N) is 2. The van der Waals surface area contributed by atoms with E-state index in [9.17, 15) is 0 Å². The molecule has 1 unspecified atom stereocenters. The molecule has 0 aliphatic carbocycles. The molecule has 1 atom stereocenters. The van der Waals surface area contributed by atoms with Gasteiger partial charge in [0.25, 0.3) is 0 Å². The van der Waals surface area contributed by atoms with Gasteiger partial charge in [-0.1, -0.05) is 43.7 Å². The number of aromatic amines is 1. The highest BCUT2D eigenvalue weighted by Gasteiger charge is 2.12. The predicted octanol–water partition coefficient (Wildman–Crippen LogP) is 3.66. The van der Waals surface area contributed by atoms with Crippen LogP contribution in [-0.4, -0.2) is 10.2 Å². The van der Waals surface area contributed by atoms with Gasteiger partial charge in [-0.05, 0) is 25.8 Å². The first-order valence-electron chi connectivity index (χ1n) is 7.01. The largest absolute Gasteiger partial charge is 0.306 e. The molecule has 0 saturated carbocycles. The minimum atomic E-state index is 0.417. The fourth-order valence-electron chi connectivity index (χ4n) is 2.42. The first-order chi connectivity index (χ1) is 9.22. The standard InChI is InChI=1S/C16H23N3/c1-4-8-16(14-9-6-5-7-10-14)17-11-15-12(2)18-19-13(15)3/h5-7,9-10,16-17H,4,8,11H2,1-3H3,(H,18,19). The van der Waals surface area contributed by atoms with Gasteiger partial charge in [-0.3, -0.25) is 5.10 Å². The van der Waals surface area contributed by atoms with Crippen molar-refractivity contribution in [2.75, 3.05) is 0 Å². The maximum atomic E-state index is 4.25. The van der Waals surface area contributed by atoms with Gasteiger partial charge < -0.3 is 5.32 Å². The summed E-state index contributed by atoms with van der Waals surface area (Å²) >= 11 is 0. The second-order valence-electron chi connectivity index (χ2n) is 5.05. The summed E-state index contributed by atoms with van der Waals surface area (Å²) in [6.07, 6.45) is 2.33. The van der Waals surface area contributed by atoms with Crippen LogP contribution in [0.15, 0.2) is 30.3 Å². The Morgan fingerprint density at radius 3 is 2.53 bits per heavy atom. The Bertz CT molecular complexity index is 482. The molecule has 1 aromatic carbocycles. The molecule has 19 heavy (non-hydrogen) atoms. The maximum Gasteiger partial charge on any atom is 0.0638 e. The first kappa shape index (κ1) is 13.8. The molecule has 0 saturated heterocycles. The lowest BCUT2D eigenvalue weighted by molar-refractivity contribution is 0.492. The summed E-state index contributed by atoms with van der Waals surface area (Å²) in [7, 11) is 0. The van der Waals surface area contributed by atoms with Crippen molar-refractivity contribution in [2.24, 2.45) is 0 Å². The van der Waals surface area contributed by atoms with Crippen LogP contribution in [0.4, 0.5) is 0 Å². The average Bonchev–Trinajstić information content (AvgIpc) is 2.75. The quantitative estimate of drug-likeness (QED) is 0.829. The van der Waals surface area contributed by atoms with Crippen LogP contribution in [0.1, 0.15) is 48.3 Å². The number of H-pyrrole nitrogens is 1. The smallest absolute Gasteiger partial charge is 0.0638 e. The third-order valence-electron chi connectivity index (χ3n) is 3.59. The predicted molar refractivity (Wildman–Crippen MR) is 79.0 cm³/mol. The Kier molecular flexibility index (Phi) is 4.74. The van der Waals surface area contributed by atoms with Crippen LogP contribution in [0.5, 0.6) is 0 Å². The van der Waals surface area contributed by atoms with E-state index in [0.717, 1.165) is 24.4 Å². The fourth-order valence-corrected chi connectivity index (χ4v) is 2.42. The maximum absolute atomic E-state index is 4.25. The number of hydrogen-bond acceptors (Lipinski definition) is 2. The highest BCUT2D eigenvalue weighted by atomic mass is 15.1. The van der Waals surface area contributed by atoms with Crippen molar-refractivity contribution in [1.82, 2.24) is 15.5 Å². The SMILES string of the molecule is CCCC(NCc1c(C)n[nH]c1C)c1ccccc1. The van der Waals surface area contributed by atoms with Gasteiger partial charge in [-0.2, -0.15) is 5.10 Å². The molecule has 3 nitrogen and oxygen atoms in total. The Morgan fingerprint density at radius 1 is 1.21 bits per heavy atom. The van der Waals surface area contributed by atoms with Crippen molar-refractivity contribution in [2.45, 2.75) is 46.2 Å². The first-order valence-corrected chi connectivity index (χ1v) is 7.01. The number of hydrogen-bond donors (Lipinski definition) is 2. The minimum absolute atomic E-state index is 0.417. The Hall–Kier alpha value is -1.61. The molecule has 102 valence electrons. The van der Waals surface area contributed by atoms with Gasteiger partial charge in [-0.15, -0.1) is 0 Å². The summed E-state index contributed by atoms with van der Waals surface area (Å²) in [5.74, 6) is 0. The molecule has 1 aromatic heterocycles. The van der Waals surface area contributed by atoms with E-state index in [1.807, 2.05) is 0 Å². The molecule has 0 radical (unpaired) electrons. The van der Waals surface area contributed by atoms with Crippen LogP contribution in [-0.2, 0) is 6.54 Å². The summed E-state index contributed by atoms with van der Waals surface area (Å²) in [6, 6.07) is 11.1. The van der Waals surface area contributed by atoms with Crippen molar-refractivity contribution in [3.63, 3.8) is 0 Å². The molecule has 0 bridgehead atoms. The third-order valence-corrected chi connectivity index (χ3v) is 3.59. The van der Waals surface area contributed by atoms with Crippen LogP contribution in [0.25, 0.3) is 0 Å². The number of rotatable bonds is 6. The van der Waals surface area contributed by atoms with Crippen LogP contribution in [0.3, 0.4) is 0 Å². The molecule has 0 spiro atoms. The van der Waals surface area contributed by atoms with Crippen LogP contribution in [0, 0.1) is 13.8 Å². The van der Waals surface area contributed by atoms with E-state index in [2.05, 4.69) is 66.6 Å². The molecular formula is C16H23N3. The zero-order chi connectivity index (χ0) is 13.7. The lowest BCUT2D eigenvalue weighted by Crippen LogP contribution is -2.21. The lowest BCUT2D eigenvalue weighted by Gasteiger charge is -2.18. The summed E-state index contributed by atoms with van der Waals surface area (Å²) in [4.78, 5) is 0. The fraction of sp³-hybridized carbons (Fsp3) is 0.438. The molecular weight excluding hydrogens is 234 g/mol. The van der Waals surface area contributed by atoms with Crippen LogP contribution in [0.2, 0.25) is 0 Å². The molecule has 2 aromatic rings. The summed E-state index contributed by atoms with van der Waals surface area (Å²) in [5.41, 5.74) is 4.90. The van der Waals surface area contributed by atoms with Gasteiger partial charge in [0.1, 0.15) is 0 Å². The van der Waals surface area contributed by atoms with Gasteiger partial charge in [-0.25, -0.2) is 0 Å². The highest BCUT2D eigenvalue weighted by molar-refractivity contribution is 5.24. The molecule has 3 heteroatoms. The van der Waals surface area contributed by atoms with E-state index < -0.39 is 0 Å². The van der Waals surface area contributed by atoms with Gasteiger partial charge in [0.15, 0.2) is 0 Å². The Labute approximate surface area is 115 Å². The number of aromatic nitrogens is 2. The Morgan fingerprint density at radius 2 is 1.95 bits per heavy atom. The van der Waals surface area contributed by atoms with Crippen molar-refractivity contribution < 1.29 is 0 Å². The van der Waals surface area contributed by atoms with E-state index in [-0.39, 0.29) is 0 Å². The van der Waals surface area contributed by atoms with Crippen LogP contribution < -0.4 is 5.32 Å². The molecule has 0 aliphatic heterocycles. The number of nitrogens with zero attached hydrogens (tertiary/aromatic N) is 1. The summed E-state index contributed by atoms with van der Waals surface area (Å²) in [5, 5.41) is 11.0. The summed E-state index contributed by atoms with van der Waals surface area (Å²) < 4.78 is 0. The Balaban J connectivity index is 2.06. The second kappa shape index (κ2) is 6.53. The van der Waals surface area contributed by atoms with Crippen molar-refractivity contribution >= 4 is 0 Å². The van der Waals surface area contributed by atoms with E-state index in [1.54, 1.807) is 0 Å². The topological polar surface area (TPSA) is 40.7 Å². The second-order valence-corrected chi connectivity index (χ2v) is 5.05. The molecule has 1 heterocycles. The van der Waals surface area contributed by atoms with E-state index >= 15 is 0 Å². The summed E-state index contributed by atoms with van der Waals surface area (Å²) in [6.45, 7) is 7.23. The van der Waals surface area contributed by atoms with Crippen LogP contribution >= 0.6 is 0 Å². The zero-order valence-electron chi connectivity index (χ0n) is 12.0. The molecule has 2 rings (SSSR count). The number of benzene rings is 1. The highest BCUT2D eigenvalue weighted by Crippen LogP contribution is 2.19. The van der Waals surface area contributed by atoms with Gasteiger partial charge in [0, 0.05) is 23.8 Å². The van der Waals surface area contributed by atoms with Gasteiger partial charge in [0.2, 0.25) is 0 Å². The molecule has 2 N–H and O–H groups in total. The van der Waals surface area contributed by atoms with Crippen molar-refractivity contribution in [3.05, 3.63) is 52.8 Å². The van der Waals surface area contributed by atoms with Crippen molar-refractivity contribution in [3.8, 4) is 0 Å². The monoisotopic (exact) mass is 257 g/mol. The molecule has 0 amide bonds. The van der Waals surface area contributed by atoms with Crippen molar-refractivity contribution in [1.29, 1.82) is 0 Å². The molecule has 0 fully saturated rings.